The minimum Gasteiger partial charge on any atom is -0.0622 e. The standard InChI is InChI=1S/C11H12S/c1-9(2)11(8-12)10-6-4-3-5-7-10/h3-7,9H,1-2H3. The number of allylic oxidation sites excluding steroid dienone is 1. The van der Waals surface area contributed by atoms with E-state index in [0.717, 1.165) is 5.57 Å². The van der Waals surface area contributed by atoms with Crippen LogP contribution in [0, 0.1) is 5.92 Å². The molecule has 0 aliphatic carbocycles. The molecule has 0 N–H and O–H groups in total. The molecule has 0 aliphatic heterocycles. The van der Waals surface area contributed by atoms with Crippen LogP contribution in [-0.2, 0) is 0 Å². The average Bonchev–Trinajstić information content (AvgIpc) is 2.07. The maximum Gasteiger partial charge on any atom is 0.0153 e. The first-order valence-electron chi connectivity index (χ1n) is 4.06. The van der Waals surface area contributed by atoms with Crippen LogP contribution in [-0.4, -0.2) is 5.02 Å². The highest BCUT2D eigenvalue weighted by molar-refractivity contribution is 7.78. The Kier molecular flexibility index (Phi) is 3.21. The molecule has 0 atom stereocenters. The minimum absolute atomic E-state index is 0.449. The van der Waals surface area contributed by atoms with Crippen LogP contribution in [0.3, 0.4) is 0 Å². The lowest BCUT2D eigenvalue weighted by atomic mass is 9.97. The molecule has 0 saturated heterocycles. The number of thiocarbonyl (C=S) groups is 1. The second-order valence-electron chi connectivity index (χ2n) is 3.04. The van der Waals surface area contributed by atoms with E-state index < -0.39 is 0 Å². The number of rotatable bonds is 2. The van der Waals surface area contributed by atoms with Gasteiger partial charge in [0.15, 0.2) is 0 Å². The molecule has 12 heavy (non-hydrogen) atoms. The summed E-state index contributed by atoms with van der Waals surface area (Å²) in [4.78, 5) is 0. The van der Waals surface area contributed by atoms with Crippen LogP contribution in [0.4, 0.5) is 0 Å². The Morgan fingerprint density at radius 2 is 1.83 bits per heavy atom. The first-order valence-corrected chi connectivity index (χ1v) is 4.47. The number of hydrogen-bond donors (Lipinski definition) is 0. The summed E-state index contributed by atoms with van der Waals surface area (Å²) in [6.07, 6.45) is 0. The fraction of sp³-hybridized carbons (Fsp3) is 0.273. The lowest BCUT2D eigenvalue weighted by Crippen LogP contribution is -1.93. The van der Waals surface area contributed by atoms with Gasteiger partial charge in [0.2, 0.25) is 0 Å². The smallest absolute Gasteiger partial charge is 0.0153 e. The maximum absolute atomic E-state index is 4.84. The van der Waals surface area contributed by atoms with Crippen LogP contribution in [0.1, 0.15) is 19.4 Å². The summed E-state index contributed by atoms with van der Waals surface area (Å²) in [5.74, 6) is 0.449. The van der Waals surface area contributed by atoms with E-state index in [-0.39, 0.29) is 0 Å². The van der Waals surface area contributed by atoms with Gasteiger partial charge in [-0.1, -0.05) is 44.2 Å². The van der Waals surface area contributed by atoms with Gasteiger partial charge in [0.25, 0.3) is 0 Å². The Bertz CT molecular complexity index is 292. The van der Waals surface area contributed by atoms with Crippen molar-refractivity contribution in [2.45, 2.75) is 13.8 Å². The first kappa shape index (κ1) is 9.18. The maximum atomic E-state index is 4.84. The van der Waals surface area contributed by atoms with Crippen LogP contribution in [0.25, 0.3) is 5.57 Å². The molecular formula is C11H12S. The molecule has 0 spiro atoms. The molecule has 0 aliphatic rings. The molecule has 62 valence electrons. The summed E-state index contributed by atoms with van der Waals surface area (Å²) >= 11 is 4.84. The predicted octanol–water partition coefficient (Wildman–Crippen LogP) is 3.32. The van der Waals surface area contributed by atoms with E-state index in [1.54, 1.807) is 0 Å². The third-order valence-corrected chi connectivity index (χ3v) is 1.99. The van der Waals surface area contributed by atoms with Crippen molar-refractivity contribution in [3.63, 3.8) is 0 Å². The van der Waals surface area contributed by atoms with Crippen LogP contribution in [0.2, 0.25) is 0 Å². The predicted molar refractivity (Wildman–Crippen MR) is 57.3 cm³/mol. The van der Waals surface area contributed by atoms with Crippen molar-refractivity contribution in [3.8, 4) is 0 Å². The Hall–Kier alpha value is -0.910. The molecule has 0 amide bonds. The lowest BCUT2D eigenvalue weighted by Gasteiger charge is -2.06. The zero-order valence-electron chi connectivity index (χ0n) is 7.37. The van der Waals surface area contributed by atoms with E-state index >= 15 is 0 Å². The highest BCUT2D eigenvalue weighted by Crippen LogP contribution is 2.19. The van der Waals surface area contributed by atoms with Crippen molar-refractivity contribution in [2.24, 2.45) is 5.92 Å². The SMILES string of the molecule is CC(C)C(=C=S)c1ccccc1. The molecule has 1 rings (SSSR count). The van der Waals surface area contributed by atoms with E-state index in [9.17, 15) is 0 Å². The topological polar surface area (TPSA) is 0 Å². The van der Waals surface area contributed by atoms with E-state index in [1.807, 2.05) is 18.2 Å². The lowest BCUT2D eigenvalue weighted by molar-refractivity contribution is 0.862. The first-order chi connectivity index (χ1) is 5.75. The molecule has 0 nitrogen and oxygen atoms in total. The van der Waals surface area contributed by atoms with Gasteiger partial charge in [0.1, 0.15) is 0 Å². The van der Waals surface area contributed by atoms with Gasteiger partial charge in [-0.15, -0.1) is 0 Å². The van der Waals surface area contributed by atoms with Gasteiger partial charge < -0.3 is 0 Å². The zero-order chi connectivity index (χ0) is 8.97. The van der Waals surface area contributed by atoms with Gasteiger partial charge in [-0.05, 0) is 28.7 Å². The summed E-state index contributed by atoms with van der Waals surface area (Å²) < 4.78 is 0. The Balaban J connectivity index is 3.06. The van der Waals surface area contributed by atoms with Crippen molar-refractivity contribution in [2.75, 3.05) is 0 Å². The van der Waals surface area contributed by atoms with E-state index in [0.29, 0.717) is 5.92 Å². The molecular weight excluding hydrogens is 164 g/mol. The molecule has 1 heteroatoms. The summed E-state index contributed by atoms with van der Waals surface area (Å²) in [7, 11) is 0. The van der Waals surface area contributed by atoms with Crippen LogP contribution < -0.4 is 0 Å². The third kappa shape index (κ3) is 2.04. The largest absolute Gasteiger partial charge is 0.0622 e. The van der Waals surface area contributed by atoms with Gasteiger partial charge in [0.05, 0.1) is 0 Å². The van der Waals surface area contributed by atoms with Crippen molar-refractivity contribution >= 4 is 22.8 Å². The molecule has 1 aromatic carbocycles. The zero-order valence-corrected chi connectivity index (χ0v) is 8.19. The monoisotopic (exact) mass is 176 g/mol. The second-order valence-corrected chi connectivity index (χ2v) is 3.24. The van der Waals surface area contributed by atoms with Crippen molar-refractivity contribution in [1.82, 2.24) is 0 Å². The summed E-state index contributed by atoms with van der Waals surface area (Å²) in [5.41, 5.74) is 2.30. The van der Waals surface area contributed by atoms with Gasteiger partial charge in [-0.2, -0.15) is 0 Å². The minimum atomic E-state index is 0.449. The molecule has 1 aromatic rings. The third-order valence-electron chi connectivity index (χ3n) is 1.77. The molecule has 0 saturated carbocycles. The van der Waals surface area contributed by atoms with Gasteiger partial charge in [-0.25, -0.2) is 0 Å². The molecule has 0 fully saturated rings. The fourth-order valence-corrected chi connectivity index (χ4v) is 1.48. The summed E-state index contributed by atoms with van der Waals surface area (Å²) in [6, 6.07) is 10.2. The Labute approximate surface area is 78.9 Å². The molecule has 0 unspecified atom stereocenters. The Morgan fingerprint density at radius 1 is 1.25 bits per heavy atom. The van der Waals surface area contributed by atoms with E-state index in [4.69, 9.17) is 12.2 Å². The molecule has 0 heterocycles. The van der Waals surface area contributed by atoms with Crippen LogP contribution in [0.5, 0.6) is 0 Å². The van der Waals surface area contributed by atoms with Crippen molar-refractivity contribution < 1.29 is 0 Å². The van der Waals surface area contributed by atoms with Crippen molar-refractivity contribution in [3.05, 3.63) is 35.9 Å². The number of benzene rings is 1. The normalized spacial score (nSPS) is 9.58. The van der Waals surface area contributed by atoms with Crippen LogP contribution in [0.15, 0.2) is 30.3 Å². The summed E-state index contributed by atoms with van der Waals surface area (Å²) in [6.45, 7) is 4.25. The summed E-state index contributed by atoms with van der Waals surface area (Å²) in [5, 5.41) is 2.82. The van der Waals surface area contributed by atoms with Gasteiger partial charge in [-0.3, -0.25) is 0 Å². The van der Waals surface area contributed by atoms with Crippen LogP contribution >= 0.6 is 12.2 Å². The highest BCUT2D eigenvalue weighted by Gasteiger charge is 2.03. The highest BCUT2D eigenvalue weighted by atomic mass is 32.1. The van der Waals surface area contributed by atoms with Crippen molar-refractivity contribution in [1.29, 1.82) is 0 Å². The second kappa shape index (κ2) is 4.20. The quantitative estimate of drug-likeness (QED) is 0.623. The van der Waals surface area contributed by atoms with E-state index in [2.05, 4.69) is 31.0 Å². The Morgan fingerprint density at radius 3 is 2.25 bits per heavy atom. The van der Waals surface area contributed by atoms with Gasteiger partial charge >= 0.3 is 0 Å². The van der Waals surface area contributed by atoms with Gasteiger partial charge in [0, 0.05) is 5.57 Å². The average molecular weight is 176 g/mol. The van der Waals surface area contributed by atoms with E-state index in [1.165, 1.54) is 5.56 Å². The molecule has 0 radical (unpaired) electrons. The number of hydrogen-bond acceptors (Lipinski definition) is 1. The molecule has 0 bridgehead atoms. The fourth-order valence-electron chi connectivity index (χ4n) is 1.13. The molecule has 0 aromatic heterocycles.